The van der Waals surface area contributed by atoms with Crippen molar-refractivity contribution in [3.8, 4) is 0 Å². The molecule has 7 amide bonds. The molecule has 64 heavy (non-hydrogen) atoms. The average Bonchev–Trinajstić information content (AvgIpc) is 3.74. The van der Waals surface area contributed by atoms with Crippen LogP contribution in [0.15, 0.2) is 59.6 Å². The smallest absolute Gasteiger partial charge is 0.326 e. The number of primary amides is 1. The predicted octanol–water partition coefficient (Wildman–Crippen LogP) is -2.08. The number of amides is 7. The minimum Gasteiger partial charge on any atom is -0.480 e. The van der Waals surface area contributed by atoms with Gasteiger partial charge in [-0.15, -0.1) is 0 Å². The molecule has 1 aliphatic rings. The third-order valence-corrected chi connectivity index (χ3v) is 10.4. The van der Waals surface area contributed by atoms with Crippen LogP contribution in [0.5, 0.6) is 0 Å². The Hall–Kier alpha value is -6.32. The van der Waals surface area contributed by atoms with Gasteiger partial charge in [-0.2, -0.15) is 0 Å². The summed E-state index contributed by atoms with van der Waals surface area (Å²) in [5.41, 5.74) is 23.3. The fourth-order valence-electron chi connectivity index (χ4n) is 6.94. The van der Waals surface area contributed by atoms with Crippen LogP contribution in [-0.4, -0.2) is 130 Å². The lowest BCUT2D eigenvalue weighted by Crippen LogP contribution is -2.60. The van der Waals surface area contributed by atoms with E-state index in [1.54, 1.807) is 68.4 Å². The number of nitrogens with one attached hydrogen (secondary N) is 5. The first kappa shape index (κ1) is 52.0. The van der Waals surface area contributed by atoms with E-state index in [-0.39, 0.29) is 63.5 Å². The molecule has 1 saturated heterocycles. The van der Waals surface area contributed by atoms with E-state index in [0.29, 0.717) is 22.6 Å². The molecule has 2 aromatic carbocycles. The summed E-state index contributed by atoms with van der Waals surface area (Å²) in [6, 6.07) is 5.78. The molecule has 0 aliphatic carbocycles. The fourth-order valence-corrected chi connectivity index (χ4v) is 7.07. The third kappa shape index (κ3) is 17.1. The van der Waals surface area contributed by atoms with Crippen molar-refractivity contribution in [1.82, 2.24) is 31.5 Å². The van der Waals surface area contributed by atoms with Gasteiger partial charge in [0, 0.05) is 31.0 Å². The Kier molecular flexibility index (Phi) is 20.9. The van der Waals surface area contributed by atoms with Gasteiger partial charge in [0.15, 0.2) is 5.96 Å². The zero-order valence-corrected chi connectivity index (χ0v) is 36.6. The second-order valence-electron chi connectivity index (χ2n) is 15.9. The SMILES string of the molecule is CC(C)C[C@H](NC(=O)[C@H](Cc1ccc(Cl)cc1)NC(=O)[C@H](Cc1ccccc1)NC(=O)[C@@H](N)CO)C(=O)N[C@@H](CCCN=C(N)N)C(=O)N[C@@H](CC(N)=O)C(=O)N1CCC[C@H]1C(=O)O. The highest BCUT2D eigenvalue weighted by molar-refractivity contribution is 6.30. The molecule has 1 aliphatic heterocycles. The van der Waals surface area contributed by atoms with E-state index < -0.39 is 103 Å². The van der Waals surface area contributed by atoms with E-state index >= 15 is 0 Å². The van der Waals surface area contributed by atoms with Crippen LogP contribution in [0.4, 0.5) is 0 Å². The monoisotopic (exact) mass is 913 g/mol. The minimum absolute atomic E-state index is 0.0130. The number of benzene rings is 2. The Balaban J connectivity index is 1.94. The number of carboxylic acid groups (broad SMARTS) is 1. The zero-order chi connectivity index (χ0) is 47.5. The average molecular weight is 914 g/mol. The molecule has 0 saturated carbocycles. The van der Waals surface area contributed by atoms with E-state index in [4.69, 9.17) is 34.5 Å². The number of nitrogens with zero attached hydrogens (tertiary/aromatic N) is 2. The number of rotatable bonds is 25. The van der Waals surface area contributed by atoms with Gasteiger partial charge in [-0.3, -0.25) is 38.6 Å². The van der Waals surface area contributed by atoms with E-state index in [9.17, 15) is 48.6 Å². The Morgan fingerprint density at radius 2 is 1.27 bits per heavy atom. The van der Waals surface area contributed by atoms with Crippen molar-refractivity contribution in [2.45, 2.75) is 108 Å². The van der Waals surface area contributed by atoms with Gasteiger partial charge in [0.25, 0.3) is 0 Å². The predicted molar refractivity (Wildman–Crippen MR) is 236 cm³/mol. The molecular weight excluding hydrogens is 854 g/mol. The molecule has 7 atom stereocenters. The second kappa shape index (κ2) is 25.7. The van der Waals surface area contributed by atoms with Crippen molar-refractivity contribution in [1.29, 1.82) is 0 Å². The number of hydrogen-bond acceptors (Lipinski definition) is 11. The first-order valence-corrected chi connectivity index (χ1v) is 21.2. The molecule has 0 radical (unpaired) electrons. The summed E-state index contributed by atoms with van der Waals surface area (Å²) in [4.78, 5) is 112. The summed E-state index contributed by atoms with van der Waals surface area (Å²) in [6.07, 6.45) is -0.156. The van der Waals surface area contributed by atoms with Crippen molar-refractivity contribution >= 4 is 64.9 Å². The molecule has 0 aromatic heterocycles. The Labute approximate surface area is 375 Å². The number of nitrogens with two attached hydrogens (primary N) is 4. The summed E-state index contributed by atoms with van der Waals surface area (Å²) < 4.78 is 0. The number of aliphatic carboxylic acids is 1. The second-order valence-corrected chi connectivity index (χ2v) is 16.3. The number of aliphatic hydroxyl groups is 1. The normalized spacial score (nSPS) is 16.2. The Bertz CT molecular complexity index is 1970. The summed E-state index contributed by atoms with van der Waals surface area (Å²) in [5, 5.41) is 32.6. The van der Waals surface area contributed by atoms with Crippen molar-refractivity contribution in [2.75, 3.05) is 19.7 Å². The molecule has 2 aromatic rings. The molecule has 0 bridgehead atoms. The first-order chi connectivity index (χ1) is 30.3. The van der Waals surface area contributed by atoms with Gasteiger partial charge in [-0.1, -0.05) is 67.9 Å². The van der Waals surface area contributed by atoms with Gasteiger partial charge in [0.05, 0.1) is 13.0 Å². The number of aliphatic hydroxyl groups excluding tert-OH is 1. The maximum atomic E-state index is 14.3. The lowest BCUT2D eigenvalue weighted by atomic mass is 9.99. The van der Waals surface area contributed by atoms with Gasteiger partial charge in [-0.25, -0.2) is 4.79 Å². The van der Waals surface area contributed by atoms with E-state index in [1.165, 1.54) is 0 Å². The summed E-state index contributed by atoms with van der Waals surface area (Å²) in [6.45, 7) is 2.99. The molecule has 0 spiro atoms. The number of halogens is 1. The van der Waals surface area contributed by atoms with Crippen molar-refractivity contribution < 1.29 is 48.6 Å². The highest BCUT2D eigenvalue weighted by atomic mass is 35.5. The van der Waals surface area contributed by atoms with Gasteiger partial charge >= 0.3 is 5.97 Å². The number of carbonyl (C=O) groups is 8. The van der Waals surface area contributed by atoms with Gasteiger partial charge in [0.2, 0.25) is 41.4 Å². The number of guanidine groups is 1. The van der Waals surface area contributed by atoms with Gasteiger partial charge < -0.3 is 64.6 Å². The number of likely N-dealkylation sites (tertiary alicyclic amines) is 1. The number of aliphatic imine (C=N–C) groups is 1. The van der Waals surface area contributed by atoms with Crippen molar-refractivity contribution in [2.24, 2.45) is 33.8 Å². The van der Waals surface area contributed by atoms with Crippen LogP contribution in [0.1, 0.15) is 63.5 Å². The molecule has 21 nitrogen and oxygen atoms in total. The quantitative estimate of drug-likeness (QED) is 0.0290. The number of carboxylic acids is 1. The zero-order valence-electron chi connectivity index (χ0n) is 35.8. The van der Waals surface area contributed by atoms with Crippen LogP contribution >= 0.6 is 11.6 Å². The first-order valence-electron chi connectivity index (χ1n) is 20.8. The maximum absolute atomic E-state index is 14.3. The van der Waals surface area contributed by atoms with E-state index in [1.807, 2.05) is 0 Å². The maximum Gasteiger partial charge on any atom is 0.326 e. The lowest BCUT2D eigenvalue weighted by molar-refractivity contribution is -0.149. The van der Waals surface area contributed by atoms with Crippen LogP contribution in [0, 0.1) is 5.92 Å². The standard InChI is InChI=1S/C42H60ClN11O10/c1-23(2)18-29(37(59)49-28(10-6-16-48-42(46)47)36(58)53-32(21-34(45)56)40(62)54-17-7-11-33(54)41(63)64)51-39(61)31(20-25-12-14-26(43)15-13-25)52-38(60)30(50-35(57)27(44)22-55)19-24-8-4-3-5-9-24/h3-5,8-9,12-15,23,27-33,55H,6-7,10-11,16-22,44H2,1-2H3,(H2,45,56)(H,49,59)(H,50,57)(H,51,61)(H,52,60)(H,53,58)(H,63,64)(H4,46,47,48)/t27-,28-,29-,30-,31-,32-,33-/m0/s1. The molecule has 350 valence electrons. The van der Waals surface area contributed by atoms with Crippen LogP contribution in [0.25, 0.3) is 0 Å². The van der Waals surface area contributed by atoms with Crippen molar-refractivity contribution in [3.63, 3.8) is 0 Å². The Morgan fingerprint density at radius 3 is 1.81 bits per heavy atom. The van der Waals surface area contributed by atoms with E-state index in [2.05, 4.69) is 31.6 Å². The van der Waals surface area contributed by atoms with Crippen molar-refractivity contribution in [3.05, 3.63) is 70.7 Å². The lowest BCUT2D eigenvalue weighted by Gasteiger charge is -2.29. The molecular formula is C42H60ClN11O10. The van der Waals surface area contributed by atoms with E-state index in [0.717, 1.165) is 4.90 Å². The number of carbonyl (C=O) groups excluding carboxylic acids is 7. The van der Waals surface area contributed by atoms with Crippen LogP contribution in [0.2, 0.25) is 5.02 Å². The molecule has 1 heterocycles. The van der Waals surface area contributed by atoms with Crippen LogP contribution in [0.3, 0.4) is 0 Å². The summed E-state index contributed by atoms with van der Waals surface area (Å²) >= 11 is 6.11. The summed E-state index contributed by atoms with van der Waals surface area (Å²) in [7, 11) is 0. The molecule has 3 rings (SSSR count). The van der Waals surface area contributed by atoms with Crippen LogP contribution < -0.4 is 49.5 Å². The molecule has 22 heteroatoms. The largest absolute Gasteiger partial charge is 0.480 e. The van der Waals surface area contributed by atoms with Gasteiger partial charge in [-0.05, 0) is 61.3 Å². The molecule has 0 unspecified atom stereocenters. The highest BCUT2D eigenvalue weighted by Gasteiger charge is 2.39. The fraction of sp³-hybridized carbons (Fsp3) is 0.500. The minimum atomic E-state index is -1.57. The third-order valence-electron chi connectivity index (χ3n) is 10.2. The highest BCUT2D eigenvalue weighted by Crippen LogP contribution is 2.20. The Morgan fingerprint density at radius 1 is 0.750 bits per heavy atom. The summed E-state index contributed by atoms with van der Waals surface area (Å²) in [5.74, 6) is -7.63. The molecule has 15 N–H and O–H groups in total. The van der Waals surface area contributed by atoms with Crippen LogP contribution in [-0.2, 0) is 51.2 Å². The molecule has 1 fully saturated rings. The topological polar surface area (TPSA) is 357 Å². The van der Waals surface area contributed by atoms with Gasteiger partial charge in [0.1, 0.15) is 42.3 Å². The number of hydrogen-bond donors (Lipinski definition) is 11.